The molecule has 114 valence electrons. The molecule has 0 fully saturated rings. The number of rotatable bonds is 4. The number of imidazole rings is 1. The quantitative estimate of drug-likeness (QED) is 0.800. The highest BCUT2D eigenvalue weighted by atomic mass is 32.2. The van der Waals surface area contributed by atoms with E-state index in [0.29, 0.717) is 11.2 Å². The Kier molecular flexibility index (Phi) is 3.89. The Morgan fingerprint density at radius 2 is 2.00 bits per heavy atom. The van der Waals surface area contributed by atoms with Crippen LogP contribution in [-0.4, -0.2) is 18.5 Å². The van der Waals surface area contributed by atoms with Gasteiger partial charge in [0.2, 0.25) is 5.95 Å². The molecule has 0 atom stereocenters. The standard InChI is InChI=1S/C15H17N5OS/c1-10(2)19-9-17-13-12(19)14(21)18-15(16)20(13)22-8-11-6-4-3-5-7-11/h3-7,9-10H,8H2,1-2H3,(H2,16,18,21). The van der Waals surface area contributed by atoms with E-state index in [2.05, 4.69) is 9.97 Å². The highest BCUT2D eigenvalue weighted by Gasteiger charge is 2.16. The third-order valence-electron chi connectivity index (χ3n) is 3.35. The first-order chi connectivity index (χ1) is 10.6. The van der Waals surface area contributed by atoms with Crippen LogP contribution in [0.25, 0.3) is 11.2 Å². The molecule has 0 spiro atoms. The summed E-state index contributed by atoms with van der Waals surface area (Å²) in [4.78, 5) is 20.4. The Morgan fingerprint density at radius 3 is 2.68 bits per heavy atom. The fraction of sp³-hybridized carbons (Fsp3) is 0.267. The van der Waals surface area contributed by atoms with E-state index in [1.165, 1.54) is 17.5 Å². The Labute approximate surface area is 132 Å². The van der Waals surface area contributed by atoms with E-state index in [-0.39, 0.29) is 17.5 Å². The topological polar surface area (TPSA) is 78.7 Å². The Balaban J connectivity index is 2.04. The van der Waals surface area contributed by atoms with E-state index in [1.807, 2.05) is 48.7 Å². The average Bonchev–Trinajstić information content (AvgIpc) is 2.93. The number of benzene rings is 1. The summed E-state index contributed by atoms with van der Waals surface area (Å²) in [5.41, 5.74) is 7.80. The lowest BCUT2D eigenvalue weighted by molar-refractivity contribution is 0.615. The monoisotopic (exact) mass is 315 g/mol. The molecule has 2 heterocycles. The molecule has 1 aromatic carbocycles. The number of fused-ring (bicyclic) bond motifs is 1. The molecule has 2 aromatic heterocycles. The summed E-state index contributed by atoms with van der Waals surface area (Å²) >= 11 is 1.48. The maximum absolute atomic E-state index is 12.1. The van der Waals surface area contributed by atoms with E-state index in [9.17, 15) is 4.79 Å². The van der Waals surface area contributed by atoms with Crippen molar-refractivity contribution in [3.8, 4) is 0 Å². The summed E-state index contributed by atoms with van der Waals surface area (Å²) in [6, 6.07) is 10.2. The van der Waals surface area contributed by atoms with Gasteiger partial charge in [0.1, 0.15) is 0 Å². The molecule has 0 aliphatic rings. The van der Waals surface area contributed by atoms with Gasteiger partial charge in [-0.2, -0.15) is 4.98 Å². The van der Waals surface area contributed by atoms with Crippen LogP contribution in [-0.2, 0) is 5.75 Å². The molecule has 0 bridgehead atoms. The number of aromatic nitrogens is 4. The predicted octanol–water partition coefficient (Wildman–Crippen LogP) is 2.45. The molecule has 6 nitrogen and oxygen atoms in total. The first-order valence-corrected chi connectivity index (χ1v) is 7.94. The SMILES string of the molecule is CC(C)n1cnc2c1c(=O)nc(N)n2SCc1ccccc1. The van der Waals surface area contributed by atoms with Gasteiger partial charge in [-0.15, -0.1) is 0 Å². The van der Waals surface area contributed by atoms with Gasteiger partial charge in [-0.1, -0.05) is 30.3 Å². The first kappa shape index (κ1) is 14.6. The van der Waals surface area contributed by atoms with Gasteiger partial charge in [-0.05, 0) is 31.4 Å². The number of nitrogens with zero attached hydrogens (tertiary/aromatic N) is 4. The molecule has 0 radical (unpaired) electrons. The fourth-order valence-corrected chi connectivity index (χ4v) is 3.15. The molecule has 0 saturated heterocycles. The van der Waals surface area contributed by atoms with E-state index < -0.39 is 0 Å². The van der Waals surface area contributed by atoms with Crippen LogP contribution in [0.5, 0.6) is 0 Å². The van der Waals surface area contributed by atoms with Gasteiger partial charge in [-0.25, -0.2) is 8.96 Å². The lowest BCUT2D eigenvalue weighted by Gasteiger charge is -2.11. The van der Waals surface area contributed by atoms with Gasteiger partial charge in [0.05, 0.1) is 6.33 Å². The smallest absolute Gasteiger partial charge is 0.300 e. The van der Waals surface area contributed by atoms with Crippen LogP contribution >= 0.6 is 11.9 Å². The van der Waals surface area contributed by atoms with Crippen molar-refractivity contribution in [2.45, 2.75) is 25.6 Å². The molecular weight excluding hydrogens is 298 g/mol. The van der Waals surface area contributed by atoms with Crippen LogP contribution in [0.1, 0.15) is 25.5 Å². The first-order valence-electron chi connectivity index (χ1n) is 7.00. The van der Waals surface area contributed by atoms with Crippen LogP contribution in [0.4, 0.5) is 5.95 Å². The second-order valence-electron chi connectivity index (χ2n) is 5.25. The largest absolute Gasteiger partial charge is 0.368 e. The van der Waals surface area contributed by atoms with Crippen LogP contribution < -0.4 is 11.3 Å². The zero-order valence-corrected chi connectivity index (χ0v) is 13.2. The van der Waals surface area contributed by atoms with Crippen molar-refractivity contribution in [2.24, 2.45) is 0 Å². The molecule has 0 aliphatic heterocycles. The van der Waals surface area contributed by atoms with E-state index >= 15 is 0 Å². The predicted molar refractivity (Wildman–Crippen MR) is 89.7 cm³/mol. The summed E-state index contributed by atoms with van der Waals surface area (Å²) in [5, 5.41) is 0. The Morgan fingerprint density at radius 1 is 1.27 bits per heavy atom. The molecule has 3 aromatic rings. The minimum Gasteiger partial charge on any atom is -0.368 e. The Bertz CT molecular complexity index is 853. The molecule has 3 rings (SSSR count). The minimum atomic E-state index is -0.338. The van der Waals surface area contributed by atoms with Crippen LogP contribution in [0.3, 0.4) is 0 Å². The van der Waals surface area contributed by atoms with E-state index in [0.717, 1.165) is 5.75 Å². The van der Waals surface area contributed by atoms with Crippen LogP contribution in [0.2, 0.25) is 0 Å². The summed E-state index contributed by atoms with van der Waals surface area (Å²) < 4.78 is 3.55. The summed E-state index contributed by atoms with van der Waals surface area (Å²) in [7, 11) is 0. The van der Waals surface area contributed by atoms with Gasteiger partial charge >= 0.3 is 5.56 Å². The number of nitrogens with two attached hydrogens (primary N) is 1. The average molecular weight is 315 g/mol. The third kappa shape index (κ3) is 2.59. The van der Waals surface area contributed by atoms with Crippen molar-refractivity contribution in [2.75, 3.05) is 5.73 Å². The number of hydrogen-bond donors (Lipinski definition) is 1. The van der Waals surface area contributed by atoms with E-state index in [4.69, 9.17) is 5.73 Å². The van der Waals surface area contributed by atoms with Crippen LogP contribution in [0, 0.1) is 0 Å². The third-order valence-corrected chi connectivity index (χ3v) is 4.43. The van der Waals surface area contributed by atoms with Crippen molar-refractivity contribution in [1.82, 2.24) is 18.5 Å². The molecule has 0 unspecified atom stereocenters. The van der Waals surface area contributed by atoms with Gasteiger partial charge in [0, 0.05) is 11.8 Å². The zero-order valence-electron chi connectivity index (χ0n) is 12.4. The molecule has 22 heavy (non-hydrogen) atoms. The fourth-order valence-electron chi connectivity index (χ4n) is 2.25. The molecule has 0 saturated carbocycles. The normalized spacial score (nSPS) is 11.4. The van der Waals surface area contributed by atoms with Crippen molar-refractivity contribution < 1.29 is 0 Å². The van der Waals surface area contributed by atoms with Crippen molar-refractivity contribution in [1.29, 1.82) is 0 Å². The maximum Gasteiger partial charge on any atom is 0.300 e. The summed E-state index contributed by atoms with van der Waals surface area (Å²) in [5.74, 6) is 0.895. The molecule has 2 N–H and O–H groups in total. The number of nitrogen functional groups attached to an aromatic ring is 1. The summed E-state index contributed by atoms with van der Waals surface area (Å²) in [6.45, 7) is 4.00. The second-order valence-corrected chi connectivity index (χ2v) is 6.16. The lowest BCUT2D eigenvalue weighted by atomic mass is 10.2. The summed E-state index contributed by atoms with van der Waals surface area (Å²) in [6.07, 6.45) is 1.66. The highest BCUT2D eigenvalue weighted by Crippen LogP contribution is 2.23. The molecule has 0 amide bonds. The van der Waals surface area contributed by atoms with Gasteiger partial charge in [0.15, 0.2) is 11.2 Å². The highest BCUT2D eigenvalue weighted by molar-refractivity contribution is 7.97. The number of hydrogen-bond acceptors (Lipinski definition) is 5. The lowest BCUT2D eigenvalue weighted by Crippen LogP contribution is -2.18. The molecule has 0 aliphatic carbocycles. The number of anilines is 1. The second kappa shape index (κ2) is 5.84. The van der Waals surface area contributed by atoms with Gasteiger partial charge < -0.3 is 10.3 Å². The van der Waals surface area contributed by atoms with Crippen molar-refractivity contribution in [3.05, 3.63) is 52.6 Å². The van der Waals surface area contributed by atoms with Crippen LogP contribution in [0.15, 0.2) is 41.5 Å². The van der Waals surface area contributed by atoms with Crippen molar-refractivity contribution >= 4 is 29.1 Å². The minimum absolute atomic E-state index is 0.135. The zero-order chi connectivity index (χ0) is 15.7. The van der Waals surface area contributed by atoms with Gasteiger partial charge in [0.25, 0.3) is 0 Å². The van der Waals surface area contributed by atoms with E-state index in [1.54, 1.807) is 10.3 Å². The molecule has 7 heteroatoms. The van der Waals surface area contributed by atoms with Crippen molar-refractivity contribution in [3.63, 3.8) is 0 Å². The van der Waals surface area contributed by atoms with Gasteiger partial charge in [-0.3, -0.25) is 4.79 Å². The molecular formula is C15H17N5OS. The Hall–Kier alpha value is -2.28. The maximum atomic E-state index is 12.1.